The molecule has 5 rings (SSSR count). The number of fused-ring (bicyclic) bond motifs is 1. The summed E-state index contributed by atoms with van der Waals surface area (Å²) >= 11 is 0. The molecule has 2 saturated carbocycles. The second-order valence-corrected chi connectivity index (χ2v) is 9.95. The molecule has 3 heteroatoms. The van der Waals surface area contributed by atoms with E-state index in [2.05, 4.69) is 23.1 Å². The molecule has 0 aromatic heterocycles. The zero-order chi connectivity index (χ0) is 17.9. The number of hydrogen-bond acceptors (Lipinski definition) is 2. The Morgan fingerprint density at radius 3 is 2.50 bits per heavy atom. The zero-order valence-corrected chi connectivity index (χ0v) is 16.0. The van der Waals surface area contributed by atoms with Gasteiger partial charge in [0.1, 0.15) is 0 Å². The minimum atomic E-state index is -0.600. The lowest BCUT2D eigenvalue weighted by molar-refractivity contribution is -0.163. The van der Waals surface area contributed by atoms with E-state index in [1.807, 2.05) is 6.92 Å². The maximum absolute atomic E-state index is 12.5. The summed E-state index contributed by atoms with van der Waals surface area (Å²) in [6.07, 6.45) is 10.2. The Morgan fingerprint density at radius 1 is 1.12 bits per heavy atom. The molecule has 1 aromatic rings. The Kier molecular flexibility index (Phi) is 3.76. The number of aliphatic hydroxyl groups is 1. The fraction of sp³-hybridized carbons (Fsp3) is 0.696. The van der Waals surface area contributed by atoms with Crippen molar-refractivity contribution >= 4 is 5.91 Å². The lowest BCUT2D eigenvalue weighted by atomic mass is 9.63. The summed E-state index contributed by atoms with van der Waals surface area (Å²) in [4.78, 5) is 14.6. The van der Waals surface area contributed by atoms with Crippen LogP contribution in [0.5, 0.6) is 0 Å². The Bertz CT molecular complexity index is 714. The zero-order valence-electron chi connectivity index (χ0n) is 16.0. The Balaban J connectivity index is 1.15. The molecule has 26 heavy (non-hydrogen) atoms. The van der Waals surface area contributed by atoms with E-state index in [1.54, 1.807) is 16.7 Å². The highest BCUT2D eigenvalue weighted by Gasteiger charge is 2.51. The first-order valence-corrected chi connectivity index (χ1v) is 10.6. The predicted octanol–water partition coefficient (Wildman–Crippen LogP) is 3.82. The number of amides is 1. The molecule has 0 unspecified atom stereocenters. The Labute approximate surface area is 156 Å². The van der Waals surface area contributed by atoms with Crippen LogP contribution < -0.4 is 0 Å². The third kappa shape index (κ3) is 2.79. The summed E-state index contributed by atoms with van der Waals surface area (Å²) < 4.78 is 0. The third-order valence-corrected chi connectivity index (χ3v) is 7.73. The average molecular weight is 354 g/mol. The maximum Gasteiger partial charge on any atom is 0.225 e. The van der Waals surface area contributed by atoms with Gasteiger partial charge in [-0.1, -0.05) is 18.2 Å². The quantitative estimate of drug-likeness (QED) is 0.878. The van der Waals surface area contributed by atoms with Gasteiger partial charge in [0.15, 0.2) is 0 Å². The van der Waals surface area contributed by atoms with Gasteiger partial charge in [0.05, 0.1) is 5.60 Å². The molecule has 1 N–H and O–H groups in total. The smallest absolute Gasteiger partial charge is 0.225 e. The summed E-state index contributed by atoms with van der Waals surface area (Å²) in [5.74, 6) is 1.09. The summed E-state index contributed by atoms with van der Waals surface area (Å²) in [5, 5.41) is 9.87. The van der Waals surface area contributed by atoms with E-state index < -0.39 is 5.60 Å². The molecule has 1 amide bonds. The molecule has 0 radical (unpaired) electrons. The van der Waals surface area contributed by atoms with Gasteiger partial charge < -0.3 is 10.0 Å². The van der Waals surface area contributed by atoms with Crippen molar-refractivity contribution in [2.24, 2.45) is 11.3 Å². The number of carbonyl (C=O) groups is 1. The summed E-state index contributed by atoms with van der Waals surface area (Å²) in [5.41, 5.74) is 4.53. The van der Waals surface area contributed by atoms with Crippen molar-refractivity contribution in [3.05, 3.63) is 34.9 Å². The summed E-state index contributed by atoms with van der Waals surface area (Å²) in [6.45, 7) is 3.76. The number of hydrogen-bond donors (Lipinski definition) is 1. The molecule has 1 aliphatic heterocycles. The highest BCUT2D eigenvalue weighted by atomic mass is 16.3. The SMILES string of the molecule is C[C@]1(O)C[C@@H](C(=O)N2CC3(CCC(c4ccc5c(c4)CCC5)CC3)C2)C1. The van der Waals surface area contributed by atoms with Crippen LogP contribution in [0.1, 0.15) is 74.5 Å². The monoisotopic (exact) mass is 353 g/mol. The molecular weight excluding hydrogens is 322 g/mol. The van der Waals surface area contributed by atoms with Crippen LogP contribution in [0.25, 0.3) is 0 Å². The van der Waals surface area contributed by atoms with Crippen LogP contribution in [-0.4, -0.2) is 34.6 Å². The van der Waals surface area contributed by atoms with E-state index in [1.165, 1.54) is 44.9 Å². The lowest BCUT2D eigenvalue weighted by Crippen LogP contribution is -2.62. The normalized spacial score (nSPS) is 32.8. The van der Waals surface area contributed by atoms with E-state index in [-0.39, 0.29) is 5.92 Å². The van der Waals surface area contributed by atoms with Crippen LogP contribution in [0, 0.1) is 11.3 Å². The molecule has 0 bridgehead atoms. The van der Waals surface area contributed by atoms with Gasteiger partial charge in [0, 0.05) is 24.4 Å². The van der Waals surface area contributed by atoms with Crippen LogP contribution in [0.3, 0.4) is 0 Å². The molecule has 3 nitrogen and oxygen atoms in total. The largest absolute Gasteiger partial charge is 0.390 e. The van der Waals surface area contributed by atoms with Crippen molar-refractivity contribution in [1.29, 1.82) is 0 Å². The van der Waals surface area contributed by atoms with Gasteiger partial charge in [-0.25, -0.2) is 0 Å². The lowest BCUT2D eigenvalue weighted by Gasteiger charge is -2.55. The van der Waals surface area contributed by atoms with E-state index >= 15 is 0 Å². The summed E-state index contributed by atoms with van der Waals surface area (Å²) in [6, 6.07) is 7.25. The number of likely N-dealkylation sites (tertiary alicyclic amines) is 1. The second kappa shape index (κ2) is 5.82. The number of carbonyl (C=O) groups excluding carboxylic acids is 1. The maximum atomic E-state index is 12.5. The van der Waals surface area contributed by atoms with Gasteiger partial charge in [-0.15, -0.1) is 0 Å². The molecule has 1 aromatic carbocycles. The minimum absolute atomic E-state index is 0.0742. The van der Waals surface area contributed by atoms with Gasteiger partial charge in [-0.05, 0) is 87.3 Å². The fourth-order valence-corrected chi connectivity index (χ4v) is 6.08. The van der Waals surface area contributed by atoms with Gasteiger partial charge in [-0.2, -0.15) is 0 Å². The topological polar surface area (TPSA) is 40.5 Å². The highest BCUT2D eigenvalue weighted by Crippen LogP contribution is 2.50. The molecule has 4 aliphatic rings. The number of aryl methyl sites for hydroxylation is 2. The van der Waals surface area contributed by atoms with Crippen LogP contribution >= 0.6 is 0 Å². The number of rotatable bonds is 2. The number of nitrogens with zero attached hydrogens (tertiary/aromatic N) is 1. The van der Waals surface area contributed by atoms with Gasteiger partial charge in [-0.3, -0.25) is 4.79 Å². The van der Waals surface area contributed by atoms with Crippen molar-refractivity contribution in [3.63, 3.8) is 0 Å². The summed E-state index contributed by atoms with van der Waals surface area (Å²) in [7, 11) is 0. The Morgan fingerprint density at radius 2 is 1.81 bits per heavy atom. The third-order valence-electron chi connectivity index (χ3n) is 7.73. The molecule has 1 saturated heterocycles. The van der Waals surface area contributed by atoms with Crippen LogP contribution in [0.2, 0.25) is 0 Å². The van der Waals surface area contributed by atoms with Crippen molar-refractivity contribution < 1.29 is 9.90 Å². The molecule has 1 heterocycles. The van der Waals surface area contributed by atoms with Crippen LogP contribution in [-0.2, 0) is 17.6 Å². The van der Waals surface area contributed by atoms with E-state index in [0.29, 0.717) is 24.2 Å². The van der Waals surface area contributed by atoms with Crippen LogP contribution in [0.15, 0.2) is 18.2 Å². The molecule has 3 aliphatic carbocycles. The van der Waals surface area contributed by atoms with Crippen LogP contribution in [0.4, 0.5) is 0 Å². The van der Waals surface area contributed by atoms with Crippen molar-refractivity contribution in [2.75, 3.05) is 13.1 Å². The predicted molar refractivity (Wildman–Crippen MR) is 102 cm³/mol. The van der Waals surface area contributed by atoms with Gasteiger partial charge >= 0.3 is 0 Å². The van der Waals surface area contributed by atoms with E-state index in [4.69, 9.17) is 0 Å². The van der Waals surface area contributed by atoms with E-state index in [9.17, 15) is 9.90 Å². The van der Waals surface area contributed by atoms with Crippen molar-refractivity contribution in [3.8, 4) is 0 Å². The molecule has 140 valence electrons. The first-order valence-electron chi connectivity index (χ1n) is 10.6. The molecule has 1 spiro atoms. The molecule has 3 fully saturated rings. The first-order chi connectivity index (χ1) is 12.4. The molecule has 0 atom stereocenters. The van der Waals surface area contributed by atoms with Crippen molar-refractivity contribution in [1.82, 2.24) is 4.90 Å². The van der Waals surface area contributed by atoms with Gasteiger partial charge in [0.2, 0.25) is 5.91 Å². The second-order valence-electron chi connectivity index (χ2n) is 9.95. The fourth-order valence-electron chi connectivity index (χ4n) is 6.08. The first kappa shape index (κ1) is 16.8. The van der Waals surface area contributed by atoms with Gasteiger partial charge in [0.25, 0.3) is 0 Å². The standard InChI is InChI=1S/C23H31NO2/c1-22(26)12-20(13-22)21(25)24-14-23(15-24)9-7-17(8-10-23)19-6-5-16-3-2-4-18(16)11-19/h5-6,11,17,20,26H,2-4,7-10,12-15H2,1H3/t20-,22+. The Hall–Kier alpha value is -1.35. The van der Waals surface area contributed by atoms with E-state index in [0.717, 1.165) is 19.0 Å². The highest BCUT2D eigenvalue weighted by molar-refractivity contribution is 5.81. The molecular formula is C23H31NO2. The van der Waals surface area contributed by atoms with Crippen molar-refractivity contribution in [2.45, 2.75) is 76.2 Å². The average Bonchev–Trinajstić information content (AvgIpc) is 3.04. The minimum Gasteiger partial charge on any atom is -0.390 e. The number of benzene rings is 1.